The molecule has 2 aromatic rings. The number of thioether (sulfide) groups is 1. The molecule has 2 aliphatic rings. The summed E-state index contributed by atoms with van der Waals surface area (Å²) >= 11 is 6.51. The van der Waals surface area contributed by atoms with Gasteiger partial charge in [0.05, 0.1) is 24.1 Å². The molecule has 3 amide bonds. The van der Waals surface area contributed by atoms with E-state index in [0.717, 1.165) is 27.8 Å². The number of ether oxygens (including phenoxy) is 1. The molecule has 2 heterocycles. The van der Waals surface area contributed by atoms with E-state index in [4.69, 9.17) is 17.0 Å². The second-order valence-electron chi connectivity index (χ2n) is 6.95. The van der Waals surface area contributed by atoms with Crippen LogP contribution in [-0.2, 0) is 14.4 Å². The average Bonchev–Trinajstić information content (AvgIpc) is 3.17. The highest BCUT2D eigenvalue weighted by molar-refractivity contribution is 8.26. The van der Waals surface area contributed by atoms with E-state index in [9.17, 15) is 14.4 Å². The summed E-state index contributed by atoms with van der Waals surface area (Å²) in [6.45, 7) is 1.93. The van der Waals surface area contributed by atoms with Crippen LogP contribution in [0.2, 0.25) is 0 Å². The Morgan fingerprint density at radius 3 is 2.37 bits per heavy atom. The fourth-order valence-corrected chi connectivity index (χ4v) is 4.74. The first-order valence-corrected chi connectivity index (χ1v) is 10.5. The van der Waals surface area contributed by atoms with Gasteiger partial charge in [0.15, 0.2) is 0 Å². The molecule has 0 aliphatic carbocycles. The van der Waals surface area contributed by atoms with Crippen molar-refractivity contribution in [1.29, 1.82) is 0 Å². The van der Waals surface area contributed by atoms with Crippen LogP contribution in [0.4, 0.5) is 5.69 Å². The maximum atomic E-state index is 13.0. The fraction of sp³-hybridized carbons (Fsp3) is 0.182. The van der Waals surface area contributed by atoms with Gasteiger partial charge < -0.3 is 4.74 Å². The summed E-state index contributed by atoms with van der Waals surface area (Å²) in [6, 6.07) is 13.4. The average molecular weight is 439 g/mol. The van der Waals surface area contributed by atoms with Crippen LogP contribution in [-0.4, -0.2) is 40.1 Å². The number of imide groups is 1. The number of methoxy groups -OCH3 is 1. The van der Waals surface area contributed by atoms with Gasteiger partial charge in [0, 0.05) is 0 Å². The van der Waals surface area contributed by atoms with Crippen molar-refractivity contribution in [2.45, 2.75) is 19.4 Å². The third-order valence-corrected chi connectivity index (χ3v) is 6.29. The topological polar surface area (TPSA) is 66.9 Å². The van der Waals surface area contributed by atoms with Crippen LogP contribution < -0.4 is 9.64 Å². The summed E-state index contributed by atoms with van der Waals surface area (Å²) in [5.74, 6) is -0.434. The molecule has 6 nitrogen and oxygen atoms in total. The summed E-state index contributed by atoms with van der Waals surface area (Å²) in [6.07, 6.45) is 1.63. The van der Waals surface area contributed by atoms with Crippen molar-refractivity contribution in [3.05, 3.63) is 64.6 Å². The SMILES string of the molecule is COc1ccc(/C=C2\SC(=S)N(C3CC(=O)N(c4ccc(C)cc4)C3=O)C2=O)cc1. The van der Waals surface area contributed by atoms with Crippen LogP contribution in [0.5, 0.6) is 5.75 Å². The predicted octanol–water partition coefficient (Wildman–Crippen LogP) is 3.54. The van der Waals surface area contributed by atoms with Crippen molar-refractivity contribution >= 4 is 57.8 Å². The minimum absolute atomic E-state index is 0.0883. The molecule has 152 valence electrons. The molecule has 2 saturated heterocycles. The zero-order chi connectivity index (χ0) is 21.4. The van der Waals surface area contributed by atoms with Crippen molar-refractivity contribution in [3.8, 4) is 5.75 Å². The van der Waals surface area contributed by atoms with Crippen molar-refractivity contribution in [2.24, 2.45) is 0 Å². The number of amides is 3. The number of thiocarbonyl (C=S) groups is 1. The highest BCUT2D eigenvalue weighted by atomic mass is 32.2. The van der Waals surface area contributed by atoms with Gasteiger partial charge in [-0.25, -0.2) is 4.90 Å². The summed E-state index contributed by atoms with van der Waals surface area (Å²) in [7, 11) is 1.58. The van der Waals surface area contributed by atoms with E-state index in [0.29, 0.717) is 16.3 Å². The Labute approximate surface area is 183 Å². The van der Waals surface area contributed by atoms with Crippen molar-refractivity contribution in [3.63, 3.8) is 0 Å². The molecule has 0 bridgehead atoms. The Morgan fingerprint density at radius 2 is 1.73 bits per heavy atom. The number of benzene rings is 2. The number of carbonyl (C=O) groups excluding carboxylic acids is 3. The van der Waals surface area contributed by atoms with Gasteiger partial charge in [-0.05, 0) is 42.8 Å². The van der Waals surface area contributed by atoms with Crippen molar-refractivity contribution in [2.75, 3.05) is 12.0 Å². The smallest absolute Gasteiger partial charge is 0.266 e. The second-order valence-corrected chi connectivity index (χ2v) is 8.62. The molecule has 2 fully saturated rings. The Kier molecular flexibility index (Phi) is 5.44. The van der Waals surface area contributed by atoms with Crippen LogP contribution >= 0.6 is 24.0 Å². The van der Waals surface area contributed by atoms with E-state index >= 15 is 0 Å². The molecule has 0 spiro atoms. The van der Waals surface area contributed by atoms with Gasteiger partial charge in [-0.2, -0.15) is 0 Å². The number of aryl methyl sites for hydroxylation is 1. The lowest BCUT2D eigenvalue weighted by atomic mass is 10.2. The minimum Gasteiger partial charge on any atom is -0.497 e. The fourth-order valence-electron chi connectivity index (χ4n) is 3.38. The third-order valence-electron chi connectivity index (χ3n) is 4.96. The van der Waals surface area contributed by atoms with Gasteiger partial charge in [0.25, 0.3) is 11.8 Å². The second kappa shape index (κ2) is 8.04. The molecule has 0 N–H and O–H groups in total. The molecule has 4 rings (SSSR count). The summed E-state index contributed by atoms with van der Waals surface area (Å²) in [5, 5.41) is 0. The van der Waals surface area contributed by atoms with Crippen LogP contribution in [0.25, 0.3) is 6.08 Å². The Bertz CT molecular complexity index is 1080. The molecule has 2 aliphatic heterocycles. The monoisotopic (exact) mass is 438 g/mol. The molecule has 1 atom stereocenters. The van der Waals surface area contributed by atoms with E-state index in [1.54, 1.807) is 37.5 Å². The van der Waals surface area contributed by atoms with E-state index in [-0.39, 0.29) is 22.6 Å². The zero-order valence-corrected chi connectivity index (χ0v) is 18.0. The third kappa shape index (κ3) is 3.64. The predicted molar refractivity (Wildman–Crippen MR) is 120 cm³/mol. The number of rotatable bonds is 4. The molecule has 8 heteroatoms. The number of nitrogens with zero attached hydrogens (tertiary/aromatic N) is 2. The first-order valence-electron chi connectivity index (χ1n) is 9.23. The molecule has 0 aromatic heterocycles. The lowest BCUT2D eigenvalue weighted by Crippen LogP contribution is -2.44. The van der Waals surface area contributed by atoms with E-state index in [1.165, 1.54) is 4.90 Å². The lowest BCUT2D eigenvalue weighted by Gasteiger charge is -2.21. The summed E-state index contributed by atoms with van der Waals surface area (Å²) in [4.78, 5) is 41.4. The van der Waals surface area contributed by atoms with Gasteiger partial charge >= 0.3 is 0 Å². The largest absolute Gasteiger partial charge is 0.497 e. The maximum Gasteiger partial charge on any atom is 0.266 e. The summed E-state index contributed by atoms with van der Waals surface area (Å²) < 4.78 is 5.42. The quantitative estimate of drug-likeness (QED) is 0.413. The molecule has 0 radical (unpaired) electrons. The molecule has 0 saturated carbocycles. The van der Waals surface area contributed by atoms with E-state index in [2.05, 4.69) is 0 Å². The molecular weight excluding hydrogens is 420 g/mol. The highest BCUT2D eigenvalue weighted by Gasteiger charge is 2.48. The van der Waals surface area contributed by atoms with E-state index < -0.39 is 11.9 Å². The number of carbonyl (C=O) groups is 3. The van der Waals surface area contributed by atoms with E-state index in [1.807, 2.05) is 31.2 Å². The van der Waals surface area contributed by atoms with Crippen molar-refractivity contribution < 1.29 is 19.1 Å². The first-order chi connectivity index (χ1) is 14.4. The highest BCUT2D eigenvalue weighted by Crippen LogP contribution is 2.37. The van der Waals surface area contributed by atoms with Crippen LogP contribution in [0.3, 0.4) is 0 Å². The molecular formula is C22H18N2O4S2. The minimum atomic E-state index is -0.923. The Balaban J connectivity index is 1.58. The normalized spacial score (nSPS) is 20.6. The van der Waals surface area contributed by atoms with Gasteiger partial charge in [-0.15, -0.1) is 0 Å². The Hall–Kier alpha value is -2.97. The van der Waals surface area contributed by atoms with Gasteiger partial charge in [-0.3, -0.25) is 19.3 Å². The zero-order valence-electron chi connectivity index (χ0n) is 16.3. The lowest BCUT2D eigenvalue weighted by molar-refractivity contribution is -0.129. The maximum absolute atomic E-state index is 13.0. The summed E-state index contributed by atoms with van der Waals surface area (Å²) in [5.41, 5.74) is 2.33. The van der Waals surface area contributed by atoms with Gasteiger partial charge in [0.2, 0.25) is 5.91 Å². The molecule has 30 heavy (non-hydrogen) atoms. The van der Waals surface area contributed by atoms with Crippen molar-refractivity contribution in [1.82, 2.24) is 4.90 Å². The van der Waals surface area contributed by atoms with Gasteiger partial charge in [0.1, 0.15) is 16.1 Å². The first kappa shape index (κ1) is 20.3. The Morgan fingerprint density at radius 1 is 1.07 bits per heavy atom. The van der Waals surface area contributed by atoms with Crippen LogP contribution in [0.15, 0.2) is 53.4 Å². The van der Waals surface area contributed by atoms with Crippen LogP contribution in [0, 0.1) is 6.92 Å². The van der Waals surface area contributed by atoms with Crippen LogP contribution in [0.1, 0.15) is 17.5 Å². The molecule has 2 aromatic carbocycles. The molecule has 1 unspecified atom stereocenters. The van der Waals surface area contributed by atoms with Gasteiger partial charge in [-0.1, -0.05) is 53.8 Å². The standard InChI is InChI=1S/C22H18N2O4S2/c1-13-3-7-15(8-4-13)23-19(25)12-17(20(23)26)24-21(27)18(30-22(24)29)11-14-5-9-16(28-2)10-6-14/h3-11,17H,12H2,1-2H3/b18-11-. The number of hydrogen-bond donors (Lipinski definition) is 0. The number of hydrogen-bond acceptors (Lipinski definition) is 6. The number of anilines is 1.